The van der Waals surface area contributed by atoms with Gasteiger partial charge < -0.3 is 5.32 Å². The zero-order valence-electron chi connectivity index (χ0n) is 11.1. The maximum atomic E-state index is 13.0. The first-order valence-corrected chi connectivity index (χ1v) is 6.60. The van der Waals surface area contributed by atoms with Crippen LogP contribution < -0.4 is 5.32 Å². The number of hydrogen-bond donors (Lipinski definition) is 1. The highest BCUT2D eigenvalue weighted by atomic mass is 19.1. The van der Waals surface area contributed by atoms with E-state index >= 15 is 0 Å². The molecule has 0 aromatic carbocycles. The molecule has 0 saturated carbocycles. The van der Waals surface area contributed by atoms with Gasteiger partial charge in [-0.05, 0) is 24.5 Å². The Labute approximate surface area is 111 Å². The number of nitrogens with one attached hydrogen (secondary N) is 1. The van der Waals surface area contributed by atoms with Crippen LogP contribution in [0.15, 0.2) is 24.4 Å². The summed E-state index contributed by atoms with van der Waals surface area (Å²) in [5, 5.41) is 8.00. The highest BCUT2D eigenvalue weighted by molar-refractivity contribution is 5.41. The average molecular weight is 260 g/mol. The summed E-state index contributed by atoms with van der Waals surface area (Å²) in [4.78, 5) is 4.19. The minimum absolute atomic E-state index is 0.0874. The number of halogens is 1. The molecule has 1 N–H and O–H groups in total. The summed E-state index contributed by atoms with van der Waals surface area (Å²) in [6.07, 6.45) is 2.18. The topological polar surface area (TPSA) is 42.7 Å². The van der Waals surface area contributed by atoms with Crippen LogP contribution in [0.1, 0.15) is 43.6 Å². The zero-order valence-corrected chi connectivity index (χ0v) is 11.1. The second-order valence-corrected chi connectivity index (χ2v) is 5.19. The van der Waals surface area contributed by atoms with Gasteiger partial charge in [0.25, 0.3) is 0 Å². The van der Waals surface area contributed by atoms with E-state index in [0.29, 0.717) is 5.92 Å². The van der Waals surface area contributed by atoms with Gasteiger partial charge >= 0.3 is 0 Å². The van der Waals surface area contributed by atoms with Crippen molar-refractivity contribution in [1.29, 1.82) is 0 Å². The Morgan fingerprint density at radius 3 is 2.95 bits per heavy atom. The Balaban J connectivity index is 1.99. The monoisotopic (exact) mass is 260 g/mol. The highest BCUT2D eigenvalue weighted by Gasteiger charge is 2.24. The molecule has 19 heavy (non-hydrogen) atoms. The highest BCUT2D eigenvalue weighted by Crippen LogP contribution is 2.30. The standard InChI is InChI=1S/C14H17FN4/c1-9(2)12-7-14-16-6-5-13(19(14)18-12)11-4-3-10(15)8-17-11/h3-4,7-9,13,16H,5-6H2,1-2H3. The molecule has 1 unspecified atom stereocenters. The molecule has 2 aromatic heterocycles. The third-order valence-electron chi connectivity index (χ3n) is 3.46. The number of anilines is 1. The van der Waals surface area contributed by atoms with Crippen molar-refractivity contribution in [3.05, 3.63) is 41.6 Å². The Morgan fingerprint density at radius 2 is 2.26 bits per heavy atom. The number of rotatable bonds is 2. The predicted molar refractivity (Wildman–Crippen MR) is 71.8 cm³/mol. The molecule has 3 rings (SSSR count). The first-order valence-electron chi connectivity index (χ1n) is 6.60. The van der Waals surface area contributed by atoms with Crippen molar-refractivity contribution in [2.75, 3.05) is 11.9 Å². The molecule has 0 aliphatic carbocycles. The fourth-order valence-electron chi connectivity index (χ4n) is 2.38. The molecular formula is C14H17FN4. The van der Waals surface area contributed by atoms with Gasteiger partial charge in [-0.3, -0.25) is 4.98 Å². The first kappa shape index (κ1) is 12.1. The Morgan fingerprint density at radius 1 is 1.42 bits per heavy atom. The smallest absolute Gasteiger partial charge is 0.141 e. The summed E-state index contributed by atoms with van der Waals surface area (Å²) in [7, 11) is 0. The lowest BCUT2D eigenvalue weighted by Crippen LogP contribution is -2.25. The number of pyridine rings is 1. The summed E-state index contributed by atoms with van der Waals surface area (Å²) >= 11 is 0. The fourth-order valence-corrected chi connectivity index (χ4v) is 2.38. The van der Waals surface area contributed by atoms with E-state index in [2.05, 4.69) is 35.3 Å². The molecule has 0 radical (unpaired) electrons. The Kier molecular flexibility index (Phi) is 2.97. The Hall–Kier alpha value is -1.91. The van der Waals surface area contributed by atoms with Crippen molar-refractivity contribution < 1.29 is 4.39 Å². The zero-order chi connectivity index (χ0) is 13.4. The van der Waals surface area contributed by atoms with Crippen molar-refractivity contribution in [3.8, 4) is 0 Å². The molecule has 100 valence electrons. The second-order valence-electron chi connectivity index (χ2n) is 5.19. The van der Waals surface area contributed by atoms with Crippen LogP contribution in [0, 0.1) is 5.82 Å². The summed E-state index contributed by atoms with van der Waals surface area (Å²) in [6, 6.07) is 5.37. The molecule has 0 spiro atoms. The molecule has 1 aliphatic rings. The molecule has 0 saturated heterocycles. The van der Waals surface area contributed by atoms with Crippen molar-refractivity contribution in [2.24, 2.45) is 0 Å². The van der Waals surface area contributed by atoms with E-state index < -0.39 is 0 Å². The normalized spacial score (nSPS) is 18.2. The van der Waals surface area contributed by atoms with Gasteiger partial charge in [-0.1, -0.05) is 13.8 Å². The lowest BCUT2D eigenvalue weighted by molar-refractivity contribution is 0.464. The average Bonchev–Trinajstić information content (AvgIpc) is 2.83. The summed E-state index contributed by atoms with van der Waals surface area (Å²) in [6.45, 7) is 5.13. The van der Waals surface area contributed by atoms with Crippen LogP contribution in [-0.2, 0) is 0 Å². The third-order valence-corrected chi connectivity index (χ3v) is 3.46. The van der Waals surface area contributed by atoms with E-state index in [1.807, 2.05) is 4.68 Å². The van der Waals surface area contributed by atoms with Crippen molar-refractivity contribution in [3.63, 3.8) is 0 Å². The molecule has 1 aliphatic heterocycles. The largest absolute Gasteiger partial charge is 0.370 e. The number of hydrogen-bond acceptors (Lipinski definition) is 3. The van der Waals surface area contributed by atoms with Crippen LogP contribution in [0.5, 0.6) is 0 Å². The fraction of sp³-hybridized carbons (Fsp3) is 0.429. The van der Waals surface area contributed by atoms with E-state index in [1.54, 1.807) is 6.07 Å². The molecule has 3 heterocycles. The lowest BCUT2D eigenvalue weighted by atomic mass is 10.1. The number of aromatic nitrogens is 3. The van der Waals surface area contributed by atoms with E-state index in [9.17, 15) is 4.39 Å². The van der Waals surface area contributed by atoms with Crippen LogP contribution in [0.25, 0.3) is 0 Å². The van der Waals surface area contributed by atoms with Gasteiger partial charge in [0.05, 0.1) is 23.6 Å². The van der Waals surface area contributed by atoms with Gasteiger partial charge in [-0.2, -0.15) is 5.10 Å². The first-order chi connectivity index (χ1) is 9.15. The van der Waals surface area contributed by atoms with E-state index in [-0.39, 0.29) is 11.9 Å². The predicted octanol–water partition coefficient (Wildman–Crippen LogP) is 2.95. The summed E-state index contributed by atoms with van der Waals surface area (Å²) in [5.41, 5.74) is 1.93. The molecule has 1 atom stereocenters. The molecule has 4 nitrogen and oxygen atoms in total. The van der Waals surface area contributed by atoms with Crippen LogP contribution in [0.2, 0.25) is 0 Å². The minimum atomic E-state index is -0.304. The van der Waals surface area contributed by atoms with E-state index in [1.165, 1.54) is 12.3 Å². The van der Waals surface area contributed by atoms with Crippen molar-refractivity contribution >= 4 is 5.82 Å². The van der Waals surface area contributed by atoms with Gasteiger partial charge in [0.15, 0.2) is 0 Å². The van der Waals surface area contributed by atoms with Crippen LogP contribution in [-0.4, -0.2) is 21.3 Å². The minimum Gasteiger partial charge on any atom is -0.370 e. The number of nitrogens with zero attached hydrogens (tertiary/aromatic N) is 3. The SMILES string of the molecule is CC(C)c1cc2n(n1)C(c1ccc(F)cn1)CCN2. The van der Waals surface area contributed by atoms with Crippen molar-refractivity contribution in [2.45, 2.75) is 32.2 Å². The molecule has 0 bridgehead atoms. The molecule has 5 heteroatoms. The van der Waals surface area contributed by atoms with Crippen LogP contribution in [0.3, 0.4) is 0 Å². The van der Waals surface area contributed by atoms with Crippen molar-refractivity contribution in [1.82, 2.24) is 14.8 Å². The molecular weight excluding hydrogens is 243 g/mol. The quantitative estimate of drug-likeness (QED) is 0.902. The third kappa shape index (κ3) is 2.20. The summed E-state index contributed by atoms with van der Waals surface area (Å²) in [5.74, 6) is 1.11. The lowest BCUT2D eigenvalue weighted by Gasteiger charge is -2.25. The van der Waals surface area contributed by atoms with E-state index in [0.717, 1.165) is 30.2 Å². The van der Waals surface area contributed by atoms with Gasteiger partial charge in [0, 0.05) is 12.6 Å². The molecule has 0 amide bonds. The Bertz CT molecular complexity index is 574. The second kappa shape index (κ2) is 4.64. The van der Waals surface area contributed by atoms with Gasteiger partial charge in [0.1, 0.15) is 11.6 Å². The maximum absolute atomic E-state index is 13.0. The summed E-state index contributed by atoms with van der Waals surface area (Å²) < 4.78 is 14.9. The molecule has 0 fully saturated rings. The maximum Gasteiger partial charge on any atom is 0.141 e. The number of fused-ring (bicyclic) bond motifs is 1. The van der Waals surface area contributed by atoms with Crippen LogP contribution >= 0.6 is 0 Å². The van der Waals surface area contributed by atoms with Gasteiger partial charge in [0.2, 0.25) is 0 Å². The van der Waals surface area contributed by atoms with Gasteiger partial charge in [-0.25, -0.2) is 9.07 Å². The molecule has 2 aromatic rings. The van der Waals surface area contributed by atoms with Gasteiger partial charge in [-0.15, -0.1) is 0 Å². The van der Waals surface area contributed by atoms with E-state index in [4.69, 9.17) is 0 Å². The van der Waals surface area contributed by atoms with Crippen LogP contribution in [0.4, 0.5) is 10.2 Å².